The minimum Gasteiger partial charge on any atom is -0.407 e. The van der Waals surface area contributed by atoms with Crippen molar-refractivity contribution >= 4 is 17.0 Å². The van der Waals surface area contributed by atoms with Gasteiger partial charge >= 0.3 is 5.97 Å². The molecule has 1 N–H and O–H groups in total. The standard InChI is InChI=1S/C20H18N4O2/c1-13(2)19(25)26-18-12-17(14-8-4-3-5-9-14)23-24(18)20-21-15-10-6-7-11-16(15)22-20/h3-13H,1-2H3,(H,21,22). The Morgan fingerprint density at radius 3 is 2.54 bits per heavy atom. The molecule has 6 nitrogen and oxygen atoms in total. The molecule has 0 saturated heterocycles. The van der Waals surface area contributed by atoms with Gasteiger partial charge in [0.25, 0.3) is 0 Å². The van der Waals surface area contributed by atoms with Crippen LogP contribution < -0.4 is 4.74 Å². The number of rotatable bonds is 4. The molecule has 0 aliphatic carbocycles. The number of nitrogens with one attached hydrogen (secondary N) is 1. The highest BCUT2D eigenvalue weighted by molar-refractivity contribution is 5.77. The second-order valence-electron chi connectivity index (χ2n) is 6.30. The van der Waals surface area contributed by atoms with Crippen LogP contribution in [0.5, 0.6) is 5.88 Å². The number of carbonyl (C=O) groups excluding carboxylic acids is 1. The molecule has 2 aromatic heterocycles. The van der Waals surface area contributed by atoms with Gasteiger partial charge < -0.3 is 9.72 Å². The van der Waals surface area contributed by atoms with Gasteiger partial charge in [0.2, 0.25) is 11.8 Å². The van der Waals surface area contributed by atoms with Crippen molar-refractivity contribution in [3.63, 3.8) is 0 Å². The lowest BCUT2D eigenvalue weighted by Crippen LogP contribution is -2.17. The van der Waals surface area contributed by atoms with Gasteiger partial charge in [0, 0.05) is 11.6 Å². The molecule has 0 spiro atoms. The van der Waals surface area contributed by atoms with Crippen LogP contribution in [-0.4, -0.2) is 25.7 Å². The van der Waals surface area contributed by atoms with Crippen molar-refractivity contribution < 1.29 is 9.53 Å². The number of para-hydroxylation sites is 2. The van der Waals surface area contributed by atoms with Crippen molar-refractivity contribution in [2.24, 2.45) is 5.92 Å². The molecular weight excluding hydrogens is 328 g/mol. The van der Waals surface area contributed by atoms with E-state index in [1.807, 2.05) is 54.6 Å². The monoisotopic (exact) mass is 346 g/mol. The van der Waals surface area contributed by atoms with Crippen LogP contribution in [0.2, 0.25) is 0 Å². The van der Waals surface area contributed by atoms with Crippen LogP contribution in [-0.2, 0) is 4.79 Å². The molecule has 2 aromatic carbocycles. The Bertz CT molecular complexity index is 1030. The van der Waals surface area contributed by atoms with Crippen LogP contribution in [0.3, 0.4) is 0 Å². The largest absolute Gasteiger partial charge is 0.407 e. The first-order valence-electron chi connectivity index (χ1n) is 8.44. The number of hydrogen-bond acceptors (Lipinski definition) is 4. The number of H-pyrrole nitrogens is 1. The topological polar surface area (TPSA) is 72.8 Å². The summed E-state index contributed by atoms with van der Waals surface area (Å²) in [6, 6.07) is 19.2. The van der Waals surface area contributed by atoms with Crippen molar-refractivity contribution in [2.75, 3.05) is 0 Å². The smallest absolute Gasteiger partial charge is 0.315 e. The lowest BCUT2D eigenvalue weighted by molar-refractivity contribution is -0.138. The number of carbonyl (C=O) groups is 1. The number of benzene rings is 2. The third kappa shape index (κ3) is 2.97. The fraction of sp³-hybridized carbons (Fsp3) is 0.150. The van der Waals surface area contributed by atoms with Crippen LogP contribution >= 0.6 is 0 Å². The molecule has 6 heteroatoms. The number of ether oxygens (including phenoxy) is 1. The van der Waals surface area contributed by atoms with Gasteiger partial charge in [0.1, 0.15) is 0 Å². The summed E-state index contributed by atoms with van der Waals surface area (Å²) in [5.74, 6) is 0.276. The summed E-state index contributed by atoms with van der Waals surface area (Å²) in [5, 5.41) is 4.60. The van der Waals surface area contributed by atoms with Crippen molar-refractivity contribution in [3.8, 4) is 23.1 Å². The van der Waals surface area contributed by atoms with Crippen molar-refractivity contribution in [3.05, 3.63) is 60.7 Å². The molecule has 0 atom stereocenters. The van der Waals surface area contributed by atoms with Gasteiger partial charge in [-0.25, -0.2) is 4.98 Å². The Balaban J connectivity index is 1.83. The van der Waals surface area contributed by atoms with Gasteiger partial charge in [-0.2, -0.15) is 9.78 Å². The summed E-state index contributed by atoms with van der Waals surface area (Å²) in [5.41, 5.74) is 3.35. The maximum atomic E-state index is 12.1. The van der Waals surface area contributed by atoms with Gasteiger partial charge in [-0.15, -0.1) is 0 Å². The van der Waals surface area contributed by atoms with E-state index in [4.69, 9.17) is 4.74 Å². The Labute approximate surface area is 150 Å². The Morgan fingerprint density at radius 2 is 1.81 bits per heavy atom. The average molecular weight is 346 g/mol. The summed E-state index contributed by atoms with van der Waals surface area (Å²) in [7, 11) is 0. The van der Waals surface area contributed by atoms with Crippen LogP contribution in [0.25, 0.3) is 28.2 Å². The third-order valence-corrected chi connectivity index (χ3v) is 4.00. The fourth-order valence-corrected chi connectivity index (χ4v) is 2.60. The highest BCUT2D eigenvalue weighted by Crippen LogP contribution is 2.26. The minimum absolute atomic E-state index is 0.241. The molecule has 0 bridgehead atoms. The maximum Gasteiger partial charge on any atom is 0.315 e. The van der Waals surface area contributed by atoms with Crippen LogP contribution in [0.15, 0.2) is 60.7 Å². The molecule has 2 heterocycles. The number of esters is 1. The van der Waals surface area contributed by atoms with E-state index in [0.717, 1.165) is 16.6 Å². The second kappa shape index (κ2) is 6.48. The molecule has 130 valence electrons. The molecule has 0 saturated carbocycles. The van der Waals surface area contributed by atoms with Gasteiger partial charge in [-0.05, 0) is 12.1 Å². The first kappa shape index (κ1) is 16.1. The zero-order valence-electron chi connectivity index (χ0n) is 14.5. The van der Waals surface area contributed by atoms with Crippen LogP contribution in [0.4, 0.5) is 0 Å². The minimum atomic E-state index is -0.318. The summed E-state index contributed by atoms with van der Waals surface area (Å²) in [6.45, 7) is 3.59. The Kier molecular flexibility index (Phi) is 4.01. The molecule has 0 aliphatic heterocycles. The molecule has 0 fully saturated rings. The van der Waals surface area contributed by atoms with Crippen LogP contribution in [0.1, 0.15) is 13.8 Å². The van der Waals surface area contributed by atoms with E-state index in [0.29, 0.717) is 17.5 Å². The highest BCUT2D eigenvalue weighted by atomic mass is 16.5. The summed E-state index contributed by atoms with van der Waals surface area (Å²) >= 11 is 0. The van der Waals surface area contributed by atoms with E-state index in [-0.39, 0.29) is 11.9 Å². The highest BCUT2D eigenvalue weighted by Gasteiger charge is 2.19. The number of fused-ring (bicyclic) bond motifs is 1. The predicted molar refractivity (Wildman–Crippen MR) is 99.1 cm³/mol. The van der Waals surface area contributed by atoms with Crippen molar-refractivity contribution in [1.29, 1.82) is 0 Å². The molecule has 4 rings (SSSR count). The summed E-state index contributed by atoms with van der Waals surface area (Å²) in [6.07, 6.45) is 0. The first-order valence-corrected chi connectivity index (χ1v) is 8.44. The fourth-order valence-electron chi connectivity index (χ4n) is 2.60. The number of aromatic nitrogens is 4. The maximum absolute atomic E-state index is 12.1. The van der Waals surface area contributed by atoms with Crippen LogP contribution in [0, 0.1) is 5.92 Å². The van der Waals surface area contributed by atoms with E-state index >= 15 is 0 Å². The predicted octanol–water partition coefficient (Wildman–Crippen LogP) is 3.98. The SMILES string of the molecule is CC(C)C(=O)Oc1cc(-c2ccccc2)nn1-c1nc2ccccc2[nH]1. The normalized spacial score (nSPS) is 11.2. The first-order chi connectivity index (χ1) is 12.6. The summed E-state index contributed by atoms with van der Waals surface area (Å²) in [4.78, 5) is 19.9. The number of imidazole rings is 1. The molecule has 4 aromatic rings. The third-order valence-electron chi connectivity index (χ3n) is 4.00. The molecule has 0 unspecified atom stereocenters. The summed E-state index contributed by atoms with van der Waals surface area (Å²) < 4.78 is 7.09. The van der Waals surface area contributed by atoms with Gasteiger partial charge in [-0.3, -0.25) is 4.79 Å². The van der Waals surface area contributed by atoms with E-state index < -0.39 is 0 Å². The Morgan fingerprint density at radius 1 is 1.08 bits per heavy atom. The zero-order valence-corrected chi connectivity index (χ0v) is 14.5. The zero-order chi connectivity index (χ0) is 18.1. The number of aromatic amines is 1. The Hall–Kier alpha value is -3.41. The second-order valence-corrected chi connectivity index (χ2v) is 6.30. The van der Waals surface area contributed by atoms with Crippen molar-refractivity contribution in [2.45, 2.75) is 13.8 Å². The molecule has 0 radical (unpaired) electrons. The van der Waals surface area contributed by atoms with Gasteiger partial charge in [-0.1, -0.05) is 56.3 Å². The molecule has 0 aliphatic rings. The van der Waals surface area contributed by atoms with E-state index in [1.165, 1.54) is 4.68 Å². The average Bonchev–Trinajstić information content (AvgIpc) is 3.26. The lowest BCUT2D eigenvalue weighted by atomic mass is 10.2. The molecular formula is C20H18N4O2. The molecule has 0 amide bonds. The number of nitrogens with zero attached hydrogens (tertiary/aromatic N) is 3. The number of hydrogen-bond donors (Lipinski definition) is 1. The molecule has 26 heavy (non-hydrogen) atoms. The quantitative estimate of drug-likeness (QED) is 0.567. The van der Waals surface area contributed by atoms with Gasteiger partial charge in [0.05, 0.1) is 22.6 Å². The van der Waals surface area contributed by atoms with E-state index in [2.05, 4.69) is 15.1 Å². The van der Waals surface area contributed by atoms with E-state index in [1.54, 1.807) is 19.9 Å². The van der Waals surface area contributed by atoms with Crippen molar-refractivity contribution in [1.82, 2.24) is 19.7 Å². The lowest BCUT2D eigenvalue weighted by Gasteiger charge is -2.07. The van der Waals surface area contributed by atoms with E-state index in [9.17, 15) is 4.79 Å². The van der Waals surface area contributed by atoms with Gasteiger partial charge in [0.15, 0.2) is 0 Å².